The van der Waals surface area contributed by atoms with Crippen LogP contribution in [0.3, 0.4) is 0 Å². The second-order valence-corrected chi connectivity index (χ2v) is 4.58. The molecule has 0 bridgehead atoms. The van der Waals surface area contributed by atoms with E-state index in [4.69, 9.17) is 9.15 Å². The van der Waals surface area contributed by atoms with E-state index in [1.165, 1.54) is 12.3 Å². The molecular weight excluding hydrogens is 264 g/mol. The maximum atomic E-state index is 12.0. The summed E-state index contributed by atoms with van der Waals surface area (Å²) in [6, 6.07) is 15.2. The minimum atomic E-state index is -0.171. The highest BCUT2D eigenvalue weighted by Gasteiger charge is 2.08. The third-order valence-corrected chi connectivity index (χ3v) is 3.32. The van der Waals surface area contributed by atoms with Gasteiger partial charge in [0.1, 0.15) is 5.75 Å². The summed E-state index contributed by atoms with van der Waals surface area (Å²) in [4.78, 5) is 12.0. The molecule has 0 aliphatic carbocycles. The Morgan fingerprint density at radius 1 is 1.10 bits per heavy atom. The average Bonchev–Trinajstić information content (AvgIpc) is 3.06. The van der Waals surface area contributed by atoms with Crippen LogP contribution in [-0.4, -0.2) is 12.9 Å². The molecule has 0 fully saturated rings. The number of carbonyl (C=O) groups excluding carboxylic acids is 1. The highest BCUT2D eigenvalue weighted by Crippen LogP contribution is 2.29. The Labute approximate surface area is 122 Å². The molecule has 0 saturated heterocycles. The van der Waals surface area contributed by atoms with Crippen LogP contribution in [0.5, 0.6) is 5.75 Å². The summed E-state index contributed by atoms with van der Waals surface area (Å²) in [5, 5.41) is 2.14. The first-order valence-corrected chi connectivity index (χ1v) is 6.61. The van der Waals surface area contributed by atoms with Gasteiger partial charge in [0, 0.05) is 5.56 Å². The molecule has 1 aromatic heterocycles. The van der Waals surface area contributed by atoms with Crippen LogP contribution in [0.4, 0.5) is 0 Å². The standard InChI is InChI=1S/C18H14O3/c1-20-17-11-8-13-5-2-3-6-14(13)15(17)9-10-16(19)18-7-4-12-21-18/h2-12H,1H3/b10-9+. The topological polar surface area (TPSA) is 39.4 Å². The predicted octanol–water partition coefficient (Wildman–Crippen LogP) is 4.34. The molecule has 1 heterocycles. The molecule has 0 saturated carbocycles. The Morgan fingerprint density at radius 2 is 1.95 bits per heavy atom. The molecule has 0 unspecified atom stereocenters. The Kier molecular flexibility index (Phi) is 3.56. The largest absolute Gasteiger partial charge is 0.496 e. The lowest BCUT2D eigenvalue weighted by Gasteiger charge is -2.08. The number of carbonyl (C=O) groups is 1. The van der Waals surface area contributed by atoms with Crippen LogP contribution in [0.2, 0.25) is 0 Å². The molecule has 0 aliphatic heterocycles. The molecule has 0 amide bonds. The fourth-order valence-electron chi connectivity index (χ4n) is 2.29. The van der Waals surface area contributed by atoms with E-state index in [1.54, 1.807) is 25.3 Å². The normalized spacial score (nSPS) is 11.1. The quantitative estimate of drug-likeness (QED) is 0.526. The van der Waals surface area contributed by atoms with Crippen molar-refractivity contribution in [3.63, 3.8) is 0 Å². The number of allylic oxidation sites excluding steroid dienone is 1. The van der Waals surface area contributed by atoms with E-state index in [2.05, 4.69) is 0 Å². The van der Waals surface area contributed by atoms with E-state index in [-0.39, 0.29) is 5.78 Å². The van der Waals surface area contributed by atoms with Crippen molar-refractivity contribution < 1.29 is 13.9 Å². The van der Waals surface area contributed by atoms with E-state index >= 15 is 0 Å². The van der Waals surface area contributed by atoms with Crippen molar-refractivity contribution in [1.29, 1.82) is 0 Å². The maximum absolute atomic E-state index is 12.0. The van der Waals surface area contributed by atoms with Gasteiger partial charge in [0.25, 0.3) is 0 Å². The molecule has 104 valence electrons. The van der Waals surface area contributed by atoms with Gasteiger partial charge in [-0.3, -0.25) is 4.79 Å². The number of ether oxygens (including phenoxy) is 1. The molecule has 2 aromatic carbocycles. The molecular formula is C18H14O3. The first-order chi connectivity index (χ1) is 10.3. The van der Waals surface area contributed by atoms with Gasteiger partial charge in [-0.05, 0) is 41.1 Å². The molecule has 3 rings (SSSR count). The smallest absolute Gasteiger partial charge is 0.221 e. The Bertz CT molecular complexity index is 798. The second kappa shape index (κ2) is 5.67. The molecule has 0 N–H and O–H groups in total. The Morgan fingerprint density at radius 3 is 2.71 bits per heavy atom. The van der Waals surface area contributed by atoms with Gasteiger partial charge in [0.15, 0.2) is 5.76 Å². The van der Waals surface area contributed by atoms with Crippen LogP contribution >= 0.6 is 0 Å². The van der Waals surface area contributed by atoms with Crippen molar-refractivity contribution in [2.24, 2.45) is 0 Å². The lowest BCUT2D eigenvalue weighted by molar-refractivity contribution is 0.102. The van der Waals surface area contributed by atoms with Crippen LogP contribution in [0, 0.1) is 0 Å². The highest BCUT2D eigenvalue weighted by molar-refractivity contribution is 6.06. The summed E-state index contributed by atoms with van der Waals surface area (Å²) in [5.41, 5.74) is 0.885. The minimum Gasteiger partial charge on any atom is -0.496 e. The number of ketones is 1. The van der Waals surface area contributed by atoms with E-state index in [0.29, 0.717) is 5.76 Å². The zero-order valence-corrected chi connectivity index (χ0v) is 11.6. The zero-order valence-electron chi connectivity index (χ0n) is 11.6. The van der Waals surface area contributed by atoms with Gasteiger partial charge in [-0.25, -0.2) is 0 Å². The molecule has 21 heavy (non-hydrogen) atoms. The SMILES string of the molecule is COc1ccc2ccccc2c1/C=C/C(=O)c1ccco1. The molecule has 0 aliphatic rings. The minimum absolute atomic E-state index is 0.171. The Balaban J connectivity index is 2.04. The summed E-state index contributed by atoms with van der Waals surface area (Å²) in [6.45, 7) is 0. The second-order valence-electron chi connectivity index (χ2n) is 4.58. The van der Waals surface area contributed by atoms with Crippen LogP contribution in [0.1, 0.15) is 16.1 Å². The number of furan rings is 1. The lowest BCUT2D eigenvalue weighted by Crippen LogP contribution is -1.92. The van der Waals surface area contributed by atoms with E-state index in [1.807, 2.05) is 36.4 Å². The van der Waals surface area contributed by atoms with Crippen LogP contribution in [-0.2, 0) is 0 Å². The van der Waals surface area contributed by atoms with E-state index in [9.17, 15) is 4.79 Å². The third kappa shape index (κ3) is 2.58. The van der Waals surface area contributed by atoms with Crippen molar-refractivity contribution in [1.82, 2.24) is 0 Å². The monoisotopic (exact) mass is 278 g/mol. The highest BCUT2D eigenvalue weighted by atomic mass is 16.5. The third-order valence-electron chi connectivity index (χ3n) is 3.32. The summed E-state index contributed by atoms with van der Waals surface area (Å²) in [7, 11) is 1.62. The van der Waals surface area contributed by atoms with Crippen molar-refractivity contribution >= 4 is 22.6 Å². The lowest BCUT2D eigenvalue weighted by atomic mass is 10.0. The summed E-state index contributed by atoms with van der Waals surface area (Å²) in [6.07, 6.45) is 4.76. The summed E-state index contributed by atoms with van der Waals surface area (Å²) >= 11 is 0. The van der Waals surface area contributed by atoms with Crippen LogP contribution in [0.25, 0.3) is 16.8 Å². The average molecular weight is 278 g/mol. The summed E-state index contributed by atoms with van der Waals surface area (Å²) < 4.78 is 10.5. The molecule has 0 spiro atoms. The van der Waals surface area contributed by atoms with Gasteiger partial charge in [0.05, 0.1) is 13.4 Å². The molecule has 3 nitrogen and oxygen atoms in total. The van der Waals surface area contributed by atoms with Crippen LogP contribution in [0.15, 0.2) is 65.3 Å². The van der Waals surface area contributed by atoms with Gasteiger partial charge in [-0.1, -0.05) is 30.3 Å². The van der Waals surface area contributed by atoms with Gasteiger partial charge < -0.3 is 9.15 Å². The van der Waals surface area contributed by atoms with Crippen molar-refractivity contribution in [2.45, 2.75) is 0 Å². The van der Waals surface area contributed by atoms with E-state index < -0.39 is 0 Å². The number of rotatable bonds is 4. The van der Waals surface area contributed by atoms with Gasteiger partial charge in [-0.2, -0.15) is 0 Å². The zero-order chi connectivity index (χ0) is 14.7. The maximum Gasteiger partial charge on any atom is 0.221 e. The number of hydrogen-bond donors (Lipinski definition) is 0. The van der Waals surface area contributed by atoms with Gasteiger partial charge in [0.2, 0.25) is 5.78 Å². The molecule has 3 heteroatoms. The predicted molar refractivity (Wildman–Crippen MR) is 82.6 cm³/mol. The number of hydrogen-bond acceptors (Lipinski definition) is 3. The van der Waals surface area contributed by atoms with Gasteiger partial charge >= 0.3 is 0 Å². The van der Waals surface area contributed by atoms with Gasteiger partial charge in [-0.15, -0.1) is 0 Å². The molecule has 0 radical (unpaired) electrons. The van der Waals surface area contributed by atoms with Crippen molar-refractivity contribution in [3.05, 3.63) is 72.2 Å². The number of benzene rings is 2. The number of fused-ring (bicyclic) bond motifs is 1. The summed E-state index contributed by atoms with van der Waals surface area (Å²) in [5.74, 6) is 0.887. The van der Waals surface area contributed by atoms with Crippen molar-refractivity contribution in [2.75, 3.05) is 7.11 Å². The fraction of sp³-hybridized carbons (Fsp3) is 0.0556. The molecule has 0 atom stereocenters. The first-order valence-electron chi connectivity index (χ1n) is 6.61. The van der Waals surface area contributed by atoms with E-state index in [0.717, 1.165) is 22.1 Å². The first kappa shape index (κ1) is 13.2. The Hall–Kier alpha value is -2.81. The molecule has 3 aromatic rings. The number of methoxy groups -OCH3 is 1. The fourth-order valence-corrected chi connectivity index (χ4v) is 2.29. The van der Waals surface area contributed by atoms with Crippen LogP contribution < -0.4 is 4.74 Å². The van der Waals surface area contributed by atoms with Crippen molar-refractivity contribution in [3.8, 4) is 5.75 Å².